The van der Waals surface area contributed by atoms with E-state index in [1.165, 1.54) is 0 Å². The van der Waals surface area contributed by atoms with E-state index in [0.717, 1.165) is 49.3 Å². The van der Waals surface area contributed by atoms with Gasteiger partial charge in [-0.25, -0.2) is 0 Å². The molecule has 3 saturated heterocycles. The Kier molecular flexibility index (Phi) is 3.05. The average Bonchev–Trinajstić information content (AvgIpc) is 2.57. The van der Waals surface area contributed by atoms with Gasteiger partial charge < -0.3 is 10.0 Å². The number of aromatic nitrogens is 1. The van der Waals surface area contributed by atoms with Crippen LogP contribution in [0.15, 0.2) is 48.7 Å². The van der Waals surface area contributed by atoms with Crippen LogP contribution in [-0.2, 0) is 5.60 Å². The molecular formula is C18H20N2O. The summed E-state index contributed by atoms with van der Waals surface area (Å²) >= 11 is 0. The number of benzene rings is 1. The van der Waals surface area contributed by atoms with Crippen molar-refractivity contribution in [2.75, 3.05) is 19.6 Å². The van der Waals surface area contributed by atoms with Gasteiger partial charge in [0.15, 0.2) is 0 Å². The van der Waals surface area contributed by atoms with E-state index in [-0.39, 0.29) is 0 Å². The minimum atomic E-state index is -0.668. The van der Waals surface area contributed by atoms with Gasteiger partial charge in [-0.3, -0.25) is 4.98 Å². The van der Waals surface area contributed by atoms with Crippen LogP contribution in [0.3, 0.4) is 0 Å². The lowest BCUT2D eigenvalue weighted by molar-refractivity contribution is -0.117. The SMILES string of the molecule is O[C@]1(c2ccc(-c3ccccn3)cc2)CN2CCC1CC2. The third kappa shape index (κ3) is 2.17. The van der Waals surface area contributed by atoms with Crippen molar-refractivity contribution < 1.29 is 5.11 Å². The summed E-state index contributed by atoms with van der Waals surface area (Å²) in [5.74, 6) is 0.406. The van der Waals surface area contributed by atoms with Crippen molar-refractivity contribution in [3.8, 4) is 11.3 Å². The van der Waals surface area contributed by atoms with Gasteiger partial charge >= 0.3 is 0 Å². The van der Waals surface area contributed by atoms with Crippen LogP contribution in [0, 0.1) is 5.92 Å². The molecule has 0 saturated carbocycles. The van der Waals surface area contributed by atoms with Crippen LogP contribution in [-0.4, -0.2) is 34.6 Å². The Hall–Kier alpha value is -1.71. The Bertz CT molecular complexity index is 617. The van der Waals surface area contributed by atoms with Gasteiger partial charge in [0.25, 0.3) is 0 Å². The summed E-state index contributed by atoms with van der Waals surface area (Å²) in [6, 6.07) is 14.2. The molecule has 0 unspecified atom stereocenters. The third-order valence-corrected chi connectivity index (χ3v) is 5.07. The van der Waals surface area contributed by atoms with E-state index >= 15 is 0 Å². The second-order valence-corrected chi connectivity index (χ2v) is 6.27. The van der Waals surface area contributed by atoms with Gasteiger partial charge in [0, 0.05) is 18.3 Å². The molecule has 3 aliphatic heterocycles. The lowest BCUT2D eigenvalue weighted by Gasteiger charge is -2.50. The van der Waals surface area contributed by atoms with E-state index in [2.05, 4.69) is 34.1 Å². The van der Waals surface area contributed by atoms with E-state index in [9.17, 15) is 5.11 Å². The van der Waals surface area contributed by atoms with Gasteiger partial charge in [-0.1, -0.05) is 30.3 Å². The number of rotatable bonds is 2. The highest BCUT2D eigenvalue weighted by atomic mass is 16.3. The summed E-state index contributed by atoms with van der Waals surface area (Å²) in [4.78, 5) is 6.76. The molecule has 1 N–H and O–H groups in total. The standard InChI is InChI=1S/C18H20N2O/c21-18(13-20-11-8-16(18)9-12-20)15-6-4-14(5-7-15)17-3-1-2-10-19-17/h1-7,10,16,21H,8-9,11-13H2/t18-/m0/s1. The second kappa shape index (κ2) is 4.93. The number of aliphatic hydroxyl groups is 1. The molecule has 0 amide bonds. The molecular weight excluding hydrogens is 260 g/mol. The van der Waals surface area contributed by atoms with Crippen LogP contribution in [0.1, 0.15) is 18.4 Å². The minimum Gasteiger partial charge on any atom is -0.384 e. The quantitative estimate of drug-likeness (QED) is 0.919. The Balaban J connectivity index is 1.65. The molecule has 108 valence electrons. The molecule has 3 fully saturated rings. The molecule has 21 heavy (non-hydrogen) atoms. The van der Waals surface area contributed by atoms with Gasteiger partial charge in [-0.05, 0) is 49.5 Å². The lowest BCUT2D eigenvalue weighted by atomic mass is 9.71. The highest BCUT2D eigenvalue weighted by Gasteiger charge is 2.46. The Labute approximate surface area is 125 Å². The zero-order valence-electron chi connectivity index (χ0n) is 12.1. The maximum absolute atomic E-state index is 11.1. The van der Waals surface area contributed by atoms with Crippen LogP contribution in [0.25, 0.3) is 11.3 Å². The van der Waals surface area contributed by atoms with E-state index in [1.54, 1.807) is 0 Å². The molecule has 0 radical (unpaired) electrons. The topological polar surface area (TPSA) is 36.4 Å². The fraction of sp³-hybridized carbons (Fsp3) is 0.389. The van der Waals surface area contributed by atoms with Gasteiger partial charge in [-0.2, -0.15) is 0 Å². The Morgan fingerprint density at radius 1 is 1.05 bits per heavy atom. The smallest absolute Gasteiger partial charge is 0.105 e. The summed E-state index contributed by atoms with van der Waals surface area (Å²) in [5.41, 5.74) is 2.46. The van der Waals surface area contributed by atoms with Crippen molar-refractivity contribution >= 4 is 0 Å². The predicted octanol–water partition coefficient (Wildman–Crippen LogP) is 2.66. The lowest BCUT2D eigenvalue weighted by Crippen LogP contribution is -2.57. The van der Waals surface area contributed by atoms with Gasteiger partial charge in [-0.15, -0.1) is 0 Å². The first kappa shape index (κ1) is 13.0. The second-order valence-electron chi connectivity index (χ2n) is 6.27. The number of hydrogen-bond donors (Lipinski definition) is 1. The molecule has 1 aromatic carbocycles. The van der Waals surface area contributed by atoms with Crippen molar-refractivity contribution in [1.29, 1.82) is 0 Å². The van der Waals surface area contributed by atoms with Crippen molar-refractivity contribution in [1.82, 2.24) is 9.88 Å². The molecule has 3 aliphatic rings. The van der Waals surface area contributed by atoms with Crippen molar-refractivity contribution in [3.63, 3.8) is 0 Å². The highest BCUT2D eigenvalue weighted by molar-refractivity contribution is 5.59. The fourth-order valence-electron chi connectivity index (χ4n) is 3.83. The first-order valence-electron chi connectivity index (χ1n) is 7.72. The molecule has 5 rings (SSSR count). The van der Waals surface area contributed by atoms with Crippen LogP contribution in [0.5, 0.6) is 0 Å². The van der Waals surface area contributed by atoms with Gasteiger partial charge in [0.1, 0.15) is 5.60 Å². The molecule has 3 nitrogen and oxygen atoms in total. The van der Waals surface area contributed by atoms with E-state index < -0.39 is 5.60 Å². The number of fused-ring (bicyclic) bond motifs is 3. The predicted molar refractivity (Wildman–Crippen MR) is 82.7 cm³/mol. The monoisotopic (exact) mass is 280 g/mol. The zero-order chi connectivity index (χ0) is 14.3. The Morgan fingerprint density at radius 2 is 1.81 bits per heavy atom. The number of nitrogens with zero attached hydrogens (tertiary/aromatic N) is 2. The molecule has 0 aliphatic carbocycles. The summed E-state index contributed by atoms with van der Waals surface area (Å²) < 4.78 is 0. The molecule has 2 bridgehead atoms. The van der Waals surface area contributed by atoms with Gasteiger partial charge in [0.2, 0.25) is 0 Å². The minimum absolute atomic E-state index is 0.406. The van der Waals surface area contributed by atoms with Crippen LogP contribution in [0.4, 0.5) is 0 Å². The molecule has 3 heteroatoms. The summed E-state index contributed by atoms with van der Waals surface area (Å²) in [6.07, 6.45) is 4.03. The molecule has 0 spiro atoms. The first-order valence-corrected chi connectivity index (χ1v) is 7.72. The summed E-state index contributed by atoms with van der Waals surface area (Å²) in [5, 5.41) is 11.1. The maximum Gasteiger partial charge on any atom is 0.105 e. The highest BCUT2D eigenvalue weighted by Crippen LogP contribution is 2.42. The summed E-state index contributed by atoms with van der Waals surface area (Å²) in [7, 11) is 0. The van der Waals surface area contributed by atoms with Crippen LogP contribution >= 0.6 is 0 Å². The molecule has 1 atom stereocenters. The van der Waals surface area contributed by atoms with E-state index in [1.807, 2.05) is 24.4 Å². The number of piperidine rings is 3. The van der Waals surface area contributed by atoms with E-state index in [0.29, 0.717) is 5.92 Å². The van der Waals surface area contributed by atoms with Gasteiger partial charge in [0.05, 0.1) is 5.69 Å². The Morgan fingerprint density at radius 3 is 2.38 bits per heavy atom. The largest absolute Gasteiger partial charge is 0.384 e. The average molecular weight is 280 g/mol. The normalized spacial score (nSPS) is 31.3. The van der Waals surface area contributed by atoms with Crippen molar-refractivity contribution in [2.45, 2.75) is 18.4 Å². The van der Waals surface area contributed by atoms with Crippen LogP contribution < -0.4 is 0 Å². The van der Waals surface area contributed by atoms with Crippen LogP contribution in [0.2, 0.25) is 0 Å². The third-order valence-electron chi connectivity index (χ3n) is 5.07. The number of pyridine rings is 1. The van der Waals surface area contributed by atoms with Crippen molar-refractivity contribution in [3.05, 3.63) is 54.2 Å². The maximum atomic E-state index is 11.1. The zero-order valence-corrected chi connectivity index (χ0v) is 12.1. The summed E-state index contributed by atoms with van der Waals surface area (Å²) in [6.45, 7) is 3.05. The van der Waals surface area contributed by atoms with Crippen molar-refractivity contribution in [2.24, 2.45) is 5.92 Å². The van der Waals surface area contributed by atoms with E-state index in [4.69, 9.17) is 0 Å². The molecule has 4 heterocycles. The molecule has 2 aromatic rings. The fourth-order valence-corrected chi connectivity index (χ4v) is 3.83. The number of hydrogen-bond acceptors (Lipinski definition) is 3. The molecule has 1 aromatic heterocycles. The first-order chi connectivity index (χ1) is 10.3.